The molecule has 0 spiro atoms. The van der Waals surface area contributed by atoms with Gasteiger partial charge in [0.2, 0.25) is 0 Å². The summed E-state index contributed by atoms with van der Waals surface area (Å²) in [5.74, 6) is -0.968. The minimum atomic E-state index is -0.968. The van der Waals surface area contributed by atoms with E-state index in [1.807, 2.05) is 0 Å². The van der Waals surface area contributed by atoms with Crippen LogP contribution >= 0.6 is 12.4 Å². The van der Waals surface area contributed by atoms with Crippen LogP contribution in [0.25, 0.3) is 0 Å². The van der Waals surface area contributed by atoms with Crippen molar-refractivity contribution in [3.05, 3.63) is 0 Å². The summed E-state index contributed by atoms with van der Waals surface area (Å²) in [4.78, 5) is 9.24. The SMILES string of the molecule is Cl.NCC(=O)O.[Zn]. The van der Waals surface area contributed by atoms with Gasteiger partial charge < -0.3 is 10.8 Å². The van der Waals surface area contributed by atoms with E-state index in [0.29, 0.717) is 0 Å². The van der Waals surface area contributed by atoms with E-state index in [1.54, 1.807) is 0 Å². The van der Waals surface area contributed by atoms with Crippen LogP contribution in [0.1, 0.15) is 0 Å². The summed E-state index contributed by atoms with van der Waals surface area (Å²) in [6.45, 7) is -0.278. The molecule has 3 nitrogen and oxygen atoms in total. The average Bonchev–Trinajstić information content (AvgIpc) is 1.38. The molecule has 0 bridgehead atoms. The van der Waals surface area contributed by atoms with Gasteiger partial charge in [0.1, 0.15) is 0 Å². The molecule has 0 atom stereocenters. The molecule has 0 heterocycles. The van der Waals surface area contributed by atoms with Gasteiger partial charge in [0.15, 0.2) is 0 Å². The summed E-state index contributed by atoms with van der Waals surface area (Å²) >= 11 is 0. The van der Waals surface area contributed by atoms with Crippen molar-refractivity contribution in [1.29, 1.82) is 0 Å². The zero-order valence-corrected chi connectivity index (χ0v) is 7.54. The first-order valence-electron chi connectivity index (χ1n) is 1.19. The van der Waals surface area contributed by atoms with Crippen LogP contribution < -0.4 is 5.73 Å². The van der Waals surface area contributed by atoms with Crippen LogP contribution in [0, 0.1) is 0 Å². The maximum atomic E-state index is 9.24. The Bertz CT molecular complexity index is 51.0. The van der Waals surface area contributed by atoms with Gasteiger partial charge in [0, 0.05) is 19.5 Å². The predicted molar refractivity (Wildman–Crippen MR) is 23.9 cm³/mol. The summed E-state index contributed by atoms with van der Waals surface area (Å²) in [6.07, 6.45) is 0. The molecule has 0 unspecified atom stereocenters. The molecule has 3 N–H and O–H groups in total. The number of carboxylic acids is 1. The Balaban J connectivity index is -0.0000000800. The second kappa shape index (κ2) is 9.60. The normalized spacial score (nSPS) is 5.29. The summed E-state index contributed by atoms with van der Waals surface area (Å²) in [7, 11) is 0. The van der Waals surface area contributed by atoms with Crippen LogP contribution in [0.4, 0.5) is 0 Å². The van der Waals surface area contributed by atoms with Crippen LogP contribution in [0.2, 0.25) is 0 Å². The summed E-state index contributed by atoms with van der Waals surface area (Å²) in [5, 5.41) is 7.60. The standard InChI is InChI=1S/C2H5NO2.ClH.Zn/c3-1-2(4)5;;/h1,3H2,(H,4,5);1H;. The molecule has 0 aliphatic heterocycles. The fraction of sp³-hybridized carbons (Fsp3) is 0.500. The van der Waals surface area contributed by atoms with Gasteiger partial charge in [-0.15, -0.1) is 12.4 Å². The summed E-state index contributed by atoms with van der Waals surface area (Å²) in [6, 6.07) is 0. The van der Waals surface area contributed by atoms with E-state index >= 15 is 0 Å². The molecule has 0 amide bonds. The third-order valence-corrected chi connectivity index (χ3v) is 0.175. The molecular weight excluding hydrogens is 171 g/mol. The van der Waals surface area contributed by atoms with Crippen molar-refractivity contribution in [2.75, 3.05) is 6.54 Å². The Morgan fingerprint density at radius 2 is 1.86 bits per heavy atom. The largest absolute Gasteiger partial charge is 0.480 e. The second-order valence-corrected chi connectivity index (χ2v) is 0.598. The molecule has 5 heteroatoms. The maximum Gasteiger partial charge on any atom is 0.317 e. The second-order valence-electron chi connectivity index (χ2n) is 0.598. The number of carbonyl (C=O) groups is 1. The molecule has 7 heavy (non-hydrogen) atoms. The fourth-order valence-electron chi connectivity index (χ4n) is 0. The van der Waals surface area contributed by atoms with E-state index in [4.69, 9.17) is 5.11 Å². The molecule has 0 saturated carbocycles. The van der Waals surface area contributed by atoms with E-state index in [2.05, 4.69) is 5.73 Å². The van der Waals surface area contributed by atoms with Crippen LogP contribution in [-0.4, -0.2) is 17.6 Å². The molecule has 0 aromatic rings. The minimum absolute atomic E-state index is 0. The van der Waals surface area contributed by atoms with Crippen molar-refractivity contribution < 1.29 is 29.4 Å². The van der Waals surface area contributed by atoms with Crippen LogP contribution in [0.5, 0.6) is 0 Å². The number of hydrogen-bond acceptors (Lipinski definition) is 2. The molecule has 40 valence electrons. The molecule has 0 aliphatic carbocycles. The molecule has 0 rings (SSSR count). The molecule has 0 aromatic heterocycles. The molecular formula is C2H6ClNO2Zn. The minimum Gasteiger partial charge on any atom is -0.480 e. The number of nitrogens with two attached hydrogens (primary N) is 1. The van der Waals surface area contributed by atoms with Gasteiger partial charge in [-0.1, -0.05) is 0 Å². The predicted octanol–water partition coefficient (Wildman–Crippen LogP) is -0.551. The van der Waals surface area contributed by atoms with Crippen LogP contribution in [-0.2, 0) is 24.3 Å². The Morgan fingerprint density at radius 1 is 1.71 bits per heavy atom. The molecule has 0 fully saturated rings. The Kier molecular flexibility index (Phi) is 21.5. The third kappa shape index (κ3) is 21.8. The fourth-order valence-corrected chi connectivity index (χ4v) is 0. The van der Waals surface area contributed by atoms with Gasteiger partial charge in [-0.05, 0) is 0 Å². The molecule has 0 aliphatic rings. The van der Waals surface area contributed by atoms with Crippen molar-refractivity contribution in [3.63, 3.8) is 0 Å². The van der Waals surface area contributed by atoms with Crippen molar-refractivity contribution in [2.45, 2.75) is 0 Å². The quantitative estimate of drug-likeness (QED) is 0.528. The Labute approximate surface area is 60.4 Å². The monoisotopic (exact) mass is 175 g/mol. The van der Waals surface area contributed by atoms with Gasteiger partial charge in [-0.25, -0.2) is 0 Å². The third-order valence-electron chi connectivity index (χ3n) is 0.175. The summed E-state index contributed by atoms with van der Waals surface area (Å²) < 4.78 is 0. The average molecular weight is 177 g/mol. The smallest absolute Gasteiger partial charge is 0.317 e. The summed E-state index contributed by atoms with van der Waals surface area (Å²) in [5.41, 5.74) is 4.57. The Hall–Kier alpha value is 0.343. The Morgan fingerprint density at radius 3 is 1.86 bits per heavy atom. The van der Waals surface area contributed by atoms with Gasteiger partial charge in [-0.2, -0.15) is 0 Å². The first kappa shape index (κ1) is 15.7. The van der Waals surface area contributed by atoms with Crippen LogP contribution in [0.15, 0.2) is 0 Å². The first-order valence-corrected chi connectivity index (χ1v) is 1.19. The van der Waals surface area contributed by atoms with Crippen LogP contribution in [0.3, 0.4) is 0 Å². The maximum absolute atomic E-state index is 9.24. The zero-order chi connectivity index (χ0) is 4.28. The van der Waals surface area contributed by atoms with Crippen molar-refractivity contribution >= 4 is 18.4 Å². The van der Waals surface area contributed by atoms with E-state index in [9.17, 15) is 4.79 Å². The molecule has 0 radical (unpaired) electrons. The van der Waals surface area contributed by atoms with Gasteiger partial charge in [0.05, 0.1) is 6.54 Å². The van der Waals surface area contributed by atoms with E-state index in [1.165, 1.54) is 0 Å². The molecule has 0 saturated heterocycles. The number of carboxylic acid groups (broad SMARTS) is 1. The first-order chi connectivity index (χ1) is 2.27. The zero-order valence-electron chi connectivity index (χ0n) is 3.76. The molecule has 0 aromatic carbocycles. The van der Waals surface area contributed by atoms with Crippen molar-refractivity contribution in [1.82, 2.24) is 0 Å². The van der Waals surface area contributed by atoms with E-state index in [-0.39, 0.29) is 38.4 Å². The van der Waals surface area contributed by atoms with Gasteiger partial charge in [0.25, 0.3) is 0 Å². The van der Waals surface area contributed by atoms with Crippen molar-refractivity contribution in [3.8, 4) is 0 Å². The van der Waals surface area contributed by atoms with Gasteiger partial charge in [-0.3, -0.25) is 4.79 Å². The number of aliphatic carboxylic acids is 1. The topological polar surface area (TPSA) is 63.3 Å². The number of halogens is 1. The van der Waals surface area contributed by atoms with Gasteiger partial charge >= 0.3 is 5.97 Å². The van der Waals surface area contributed by atoms with E-state index < -0.39 is 5.97 Å². The number of hydrogen-bond donors (Lipinski definition) is 2. The van der Waals surface area contributed by atoms with Crippen molar-refractivity contribution in [2.24, 2.45) is 5.73 Å². The van der Waals surface area contributed by atoms with E-state index in [0.717, 1.165) is 0 Å². The number of rotatable bonds is 1.